The first-order valence-electron chi connectivity index (χ1n) is 6.84. The number of hydrogen-bond acceptors (Lipinski definition) is 2. The molecule has 0 atom stereocenters. The lowest BCUT2D eigenvalue weighted by Crippen LogP contribution is -2.32. The van der Waals surface area contributed by atoms with Crippen LogP contribution in [0.15, 0.2) is 48.5 Å². The van der Waals surface area contributed by atoms with Gasteiger partial charge in [0.05, 0.1) is 16.4 Å². The van der Waals surface area contributed by atoms with Gasteiger partial charge in [0.1, 0.15) is 0 Å². The SMILES string of the molecule is CC(C)(CCc1ccccc1)Nc1c(N)cccc1Cl. The average Bonchev–Trinajstić information content (AvgIpc) is 2.42. The van der Waals surface area contributed by atoms with E-state index in [9.17, 15) is 0 Å². The zero-order valence-electron chi connectivity index (χ0n) is 12.0. The Morgan fingerprint density at radius 2 is 1.75 bits per heavy atom. The molecule has 2 aromatic rings. The number of rotatable bonds is 5. The van der Waals surface area contributed by atoms with Gasteiger partial charge in [0.25, 0.3) is 0 Å². The van der Waals surface area contributed by atoms with Gasteiger partial charge in [-0.05, 0) is 44.4 Å². The number of anilines is 2. The number of nitrogens with one attached hydrogen (secondary N) is 1. The molecule has 3 N–H and O–H groups in total. The van der Waals surface area contributed by atoms with E-state index in [0.717, 1.165) is 18.5 Å². The van der Waals surface area contributed by atoms with Crippen molar-refractivity contribution in [3.05, 3.63) is 59.1 Å². The third-order valence-electron chi connectivity index (χ3n) is 3.39. The van der Waals surface area contributed by atoms with Crippen molar-refractivity contribution >= 4 is 23.0 Å². The van der Waals surface area contributed by atoms with E-state index in [-0.39, 0.29) is 5.54 Å². The minimum atomic E-state index is -0.0744. The molecule has 0 saturated heterocycles. The Morgan fingerprint density at radius 1 is 1.05 bits per heavy atom. The highest BCUT2D eigenvalue weighted by Crippen LogP contribution is 2.31. The fourth-order valence-electron chi connectivity index (χ4n) is 2.18. The molecule has 0 radical (unpaired) electrons. The second kappa shape index (κ2) is 6.19. The van der Waals surface area contributed by atoms with E-state index < -0.39 is 0 Å². The van der Waals surface area contributed by atoms with Gasteiger partial charge in [0.2, 0.25) is 0 Å². The van der Waals surface area contributed by atoms with Crippen molar-refractivity contribution in [3.8, 4) is 0 Å². The predicted octanol–water partition coefficient (Wildman–Crippen LogP) is 4.75. The molecule has 0 saturated carbocycles. The molecule has 0 aliphatic heterocycles. The van der Waals surface area contributed by atoms with Crippen LogP contribution in [0.3, 0.4) is 0 Å². The van der Waals surface area contributed by atoms with Crippen molar-refractivity contribution < 1.29 is 0 Å². The molecule has 0 aromatic heterocycles. The third kappa shape index (κ3) is 3.91. The van der Waals surface area contributed by atoms with E-state index in [1.165, 1.54) is 5.56 Å². The molecule has 2 rings (SSSR count). The van der Waals surface area contributed by atoms with Crippen LogP contribution in [0, 0.1) is 0 Å². The number of nitrogen functional groups attached to an aromatic ring is 1. The molecular formula is C17H21ClN2. The molecule has 0 aliphatic rings. The lowest BCUT2D eigenvalue weighted by molar-refractivity contribution is 0.519. The smallest absolute Gasteiger partial charge is 0.0767 e. The Hall–Kier alpha value is -1.67. The number of nitrogens with two attached hydrogens (primary N) is 1. The Balaban J connectivity index is 2.04. The summed E-state index contributed by atoms with van der Waals surface area (Å²) in [5.74, 6) is 0. The van der Waals surface area contributed by atoms with Gasteiger partial charge < -0.3 is 11.1 Å². The second-order valence-corrected chi connectivity index (χ2v) is 6.11. The molecule has 0 heterocycles. The van der Waals surface area contributed by atoms with Gasteiger partial charge in [-0.1, -0.05) is 48.0 Å². The van der Waals surface area contributed by atoms with Crippen LogP contribution >= 0.6 is 11.6 Å². The summed E-state index contributed by atoms with van der Waals surface area (Å²) in [7, 11) is 0. The quantitative estimate of drug-likeness (QED) is 0.780. The highest BCUT2D eigenvalue weighted by atomic mass is 35.5. The maximum absolute atomic E-state index is 6.21. The van der Waals surface area contributed by atoms with E-state index in [1.54, 1.807) is 0 Å². The molecule has 2 nitrogen and oxygen atoms in total. The molecule has 0 aliphatic carbocycles. The zero-order chi connectivity index (χ0) is 14.6. The van der Waals surface area contributed by atoms with Gasteiger partial charge >= 0.3 is 0 Å². The van der Waals surface area contributed by atoms with Crippen LogP contribution < -0.4 is 11.1 Å². The van der Waals surface area contributed by atoms with Gasteiger partial charge in [-0.3, -0.25) is 0 Å². The molecule has 106 valence electrons. The minimum Gasteiger partial charge on any atom is -0.397 e. The van der Waals surface area contributed by atoms with Crippen LogP contribution in [0.4, 0.5) is 11.4 Å². The van der Waals surface area contributed by atoms with Crippen molar-refractivity contribution in [2.24, 2.45) is 0 Å². The summed E-state index contributed by atoms with van der Waals surface area (Å²) in [5.41, 5.74) is 8.77. The van der Waals surface area contributed by atoms with Crippen LogP contribution in [0.1, 0.15) is 25.8 Å². The monoisotopic (exact) mass is 288 g/mol. The second-order valence-electron chi connectivity index (χ2n) is 5.70. The fraction of sp³-hybridized carbons (Fsp3) is 0.294. The van der Waals surface area contributed by atoms with Crippen LogP contribution in [-0.4, -0.2) is 5.54 Å². The summed E-state index contributed by atoms with van der Waals surface area (Å²) < 4.78 is 0. The molecular weight excluding hydrogens is 268 g/mol. The predicted molar refractivity (Wildman–Crippen MR) is 88.3 cm³/mol. The maximum Gasteiger partial charge on any atom is 0.0767 e. The summed E-state index contributed by atoms with van der Waals surface area (Å²) in [6, 6.07) is 16.1. The molecule has 0 amide bonds. The lowest BCUT2D eigenvalue weighted by Gasteiger charge is -2.29. The van der Waals surface area contributed by atoms with Crippen LogP contribution in [0.5, 0.6) is 0 Å². The molecule has 20 heavy (non-hydrogen) atoms. The number of para-hydroxylation sites is 1. The zero-order valence-corrected chi connectivity index (χ0v) is 12.7. The van der Waals surface area contributed by atoms with Crippen molar-refractivity contribution in [3.63, 3.8) is 0 Å². The Kier molecular flexibility index (Phi) is 4.56. The van der Waals surface area contributed by atoms with Gasteiger partial charge in [-0.2, -0.15) is 0 Å². The van der Waals surface area contributed by atoms with E-state index >= 15 is 0 Å². The molecule has 2 aromatic carbocycles. The number of benzene rings is 2. The third-order valence-corrected chi connectivity index (χ3v) is 3.71. The highest BCUT2D eigenvalue weighted by molar-refractivity contribution is 6.33. The van der Waals surface area contributed by atoms with Crippen molar-refractivity contribution in [1.29, 1.82) is 0 Å². The largest absolute Gasteiger partial charge is 0.397 e. The van der Waals surface area contributed by atoms with E-state index in [1.807, 2.05) is 24.3 Å². The summed E-state index contributed by atoms with van der Waals surface area (Å²) in [5, 5.41) is 4.13. The molecule has 0 fully saturated rings. The van der Waals surface area contributed by atoms with Crippen molar-refractivity contribution in [2.75, 3.05) is 11.1 Å². The normalized spacial score (nSPS) is 11.3. The lowest BCUT2D eigenvalue weighted by atomic mass is 9.94. The van der Waals surface area contributed by atoms with Gasteiger partial charge in [0.15, 0.2) is 0 Å². The molecule has 3 heteroatoms. The first-order chi connectivity index (χ1) is 9.48. The van der Waals surface area contributed by atoms with Gasteiger partial charge in [-0.25, -0.2) is 0 Å². The molecule has 0 spiro atoms. The average molecular weight is 289 g/mol. The molecule has 0 unspecified atom stereocenters. The van der Waals surface area contributed by atoms with Crippen LogP contribution in [-0.2, 0) is 6.42 Å². The summed E-state index contributed by atoms with van der Waals surface area (Å²) >= 11 is 6.21. The van der Waals surface area contributed by atoms with E-state index in [4.69, 9.17) is 17.3 Å². The summed E-state index contributed by atoms with van der Waals surface area (Å²) in [6.45, 7) is 4.33. The standard InChI is InChI=1S/C17H21ClN2/c1-17(2,12-11-13-7-4-3-5-8-13)20-16-14(18)9-6-10-15(16)19/h3-10,20H,11-12,19H2,1-2H3. The summed E-state index contributed by atoms with van der Waals surface area (Å²) in [6.07, 6.45) is 2.02. The van der Waals surface area contributed by atoms with Crippen LogP contribution in [0.2, 0.25) is 5.02 Å². The first kappa shape index (κ1) is 14.7. The van der Waals surface area contributed by atoms with E-state index in [0.29, 0.717) is 10.7 Å². The highest BCUT2D eigenvalue weighted by Gasteiger charge is 2.19. The van der Waals surface area contributed by atoms with Crippen LogP contribution in [0.25, 0.3) is 0 Å². The Labute approximate surface area is 126 Å². The number of halogens is 1. The maximum atomic E-state index is 6.21. The Bertz CT molecular complexity index is 544. The van der Waals surface area contributed by atoms with E-state index in [2.05, 4.69) is 43.4 Å². The first-order valence-corrected chi connectivity index (χ1v) is 7.22. The minimum absolute atomic E-state index is 0.0744. The number of aryl methyl sites for hydroxylation is 1. The van der Waals surface area contributed by atoms with Gasteiger partial charge in [0, 0.05) is 5.54 Å². The van der Waals surface area contributed by atoms with Gasteiger partial charge in [-0.15, -0.1) is 0 Å². The number of hydrogen-bond donors (Lipinski definition) is 2. The fourth-order valence-corrected chi connectivity index (χ4v) is 2.40. The Morgan fingerprint density at radius 3 is 2.40 bits per heavy atom. The summed E-state index contributed by atoms with van der Waals surface area (Å²) in [4.78, 5) is 0. The van der Waals surface area contributed by atoms with Crippen molar-refractivity contribution in [2.45, 2.75) is 32.2 Å². The van der Waals surface area contributed by atoms with Crippen molar-refractivity contribution in [1.82, 2.24) is 0 Å². The topological polar surface area (TPSA) is 38.0 Å². The molecule has 0 bridgehead atoms.